The van der Waals surface area contributed by atoms with Gasteiger partial charge in [-0.15, -0.1) is 0 Å². The summed E-state index contributed by atoms with van der Waals surface area (Å²) in [5, 5.41) is 17.7. The maximum atomic E-state index is 15.2. The summed E-state index contributed by atoms with van der Waals surface area (Å²) in [6.45, 7) is -1.14. The van der Waals surface area contributed by atoms with Crippen LogP contribution in [0.15, 0.2) is 54.9 Å². The zero-order valence-electron chi connectivity index (χ0n) is 19.8. The number of nitrogen functional groups attached to an aromatic ring is 1. The Morgan fingerprint density at radius 2 is 1.87 bits per heavy atom. The Kier molecular flexibility index (Phi) is 7.65. The number of nitrogens with two attached hydrogens (primary N) is 1. The van der Waals surface area contributed by atoms with Gasteiger partial charge in [0.1, 0.15) is 17.4 Å². The highest BCUT2D eigenvalue weighted by molar-refractivity contribution is 5.95. The summed E-state index contributed by atoms with van der Waals surface area (Å²) in [6.07, 6.45) is 0.117. The van der Waals surface area contributed by atoms with E-state index >= 15 is 8.78 Å². The van der Waals surface area contributed by atoms with Crippen LogP contribution < -0.4 is 19.9 Å². The highest BCUT2D eigenvalue weighted by atomic mass is 19.2. The predicted molar refractivity (Wildman–Crippen MR) is 128 cm³/mol. The number of aromatic hydroxyl groups is 1. The van der Waals surface area contributed by atoms with Crippen LogP contribution in [0.25, 0.3) is 11.4 Å². The van der Waals surface area contributed by atoms with E-state index in [1.54, 1.807) is 36.1 Å². The van der Waals surface area contributed by atoms with Crippen LogP contribution in [0.4, 0.5) is 17.6 Å². The molecule has 9 nitrogen and oxygen atoms in total. The first-order chi connectivity index (χ1) is 18.2. The van der Waals surface area contributed by atoms with Crippen molar-refractivity contribution in [1.82, 2.24) is 14.5 Å². The summed E-state index contributed by atoms with van der Waals surface area (Å²) in [5.41, 5.74) is 6.16. The van der Waals surface area contributed by atoms with Gasteiger partial charge in [-0.1, -0.05) is 12.1 Å². The number of phenolic OH excluding ortho intramolecular Hbond substituents is 1. The molecule has 0 fully saturated rings. The van der Waals surface area contributed by atoms with Crippen molar-refractivity contribution in [1.29, 1.82) is 5.41 Å². The minimum Gasteiger partial charge on any atom is -0.504 e. The Bertz CT molecular complexity index is 1480. The monoisotopic (exact) mass is 531 g/mol. The van der Waals surface area contributed by atoms with Gasteiger partial charge in [0, 0.05) is 37.0 Å². The normalized spacial score (nSPS) is 11.7. The van der Waals surface area contributed by atoms with Gasteiger partial charge >= 0.3 is 0 Å². The molecule has 0 bridgehead atoms. The summed E-state index contributed by atoms with van der Waals surface area (Å²) >= 11 is 0. The number of alkyl halides is 2. The van der Waals surface area contributed by atoms with Crippen LogP contribution in [-0.4, -0.2) is 38.5 Å². The average Bonchev–Trinajstić information content (AvgIpc) is 3.32. The third-order valence-electron chi connectivity index (χ3n) is 5.16. The number of hydrogen-bond donors (Lipinski definition) is 3. The molecule has 2 heterocycles. The Morgan fingerprint density at radius 3 is 2.53 bits per heavy atom. The fraction of sp³-hybridized carbons (Fsp3) is 0.160. The van der Waals surface area contributed by atoms with Crippen molar-refractivity contribution in [2.45, 2.75) is 12.8 Å². The lowest BCUT2D eigenvalue weighted by atomic mass is 10.2. The molecule has 4 aromatic rings. The van der Waals surface area contributed by atoms with Crippen molar-refractivity contribution in [2.24, 2.45) is 12.8 Å². The number of halogens is 4. The zero-order chi connectivity index (χ0) is 27.4. The van der Waals surface area contributed by atoms with Crippen molar-refractivity contribution in [3.63, 3.8) is 0 Å². The van der Waals surface area contributed by atoms with E-state index in [4.69, 9.17) is 20.6 Å². The minimum absolute atomic E-state index is 0.0578. The molecule has 0 saturated heterocycles. The maximum absolute atomic E-state index is 15.2. The van der Waals surface area contributed by atoms with Crippen molar-refractivity contribution in [3.05, 3.63) is 72.1 Å². The van der Waals surface area contributed by atoms with Crippen LogP contribution in [0.5, 0.6) is 34.8 Å². The molecule has 13 heteroatoms. The molecule has 0 radical (unpaired) electrons. The second-order valence-corrected chi connectivity index (χ2v) is 7.87. The molecule has 1 atom stereocenters. The molecule has 0 amide bonds. The standard InChI is InChI=1S/C25H21F4N5O4/c1-34-10-9-32-23(34)14-3-2-4-15(11-14)36-24-19(28)21(38-18(27)7-8-26)20(29)25(33-24)37-17-12-13(22(30)31)5-6-16(17)35/h2-6,9-12,18,35H,7-8H2,1H3,(H3,30,31). The van der Waals surface area contributed by atoms with Crippen molar-refractivity contribution < 1.29 is 36.9 Å². The van der Waals surface area contributed by atoms with Crippen LogP contribution in [0.1, 0.15) is 12.0 Å². The van der Waals surface area contributed by atoms with E-state index in [2.05, 4.69) is 14.7 Å². The third-order valence-corrected chi connectivity index (χ3v) is 5.16. The molecule has 2 aromatic heterocycles. The minimum atomic E-state index is -2.40. The summed E-state index contributed by atoms with van der Waals surface area (Å²) in [5.74, 6) is -6.82. The van der Waals surface area contributed by atoms with Gasteiger partial charge in [-0.2, -0.15) is 13.8 Å². The number of aromatic nitrogens is 3. The number of aryl methyl sites for hydroxylation is 1. The van der Waals surface area contributed by atoms with Crippen LogP contribution in [-0.2, 0) is 7.05 Å². The summed E-state index contributed by atoms with van der Waals surface area (Å²) in [4.78, 5) is 7.94. The molecule has 0 saturated carbocycles. The molecule has 198 valence electrons. The van der Waals surface area contributed by atoms with Gasteiger partial charge in [0.2, 0.25) is 23.7 Å². The first-order valence-electron chi connectivity index (χ1n) is 11.0. The third kappa shape index (κ3) is 5.61. The second kappa shape index (κ2) is 11.1. The number of imidazole rings is 1. The van der Waals surface area contributed by atoms with Gasteiger partial charge in [0.05, 0.1) is 6.67 Å². The van der Waals surface area contributed by atoms with Crippen molar-refractivity contribution in [3.8, 4) is 46.1 Å². The van der Waals surface area contributed by atoms with E-state index < -0.39 is 60.1 Å². The molecule has 0 aliphatic heterocycles. The molecule has 38 heavy (non-hydrogen) atoms. The molecular weight excluding hydrogens is 510 g/mol. The number of pyridine rings is 1. The first kappa shape index (κ1) is 26.3. The molecule has 0 spiro atoms. The Hall–Kier alpha value is -4.81. The van der Waals surface area contributed by atoms with Gasteiger partial charge < -0.3 is 29.6 Å². The maximum Gasteiger partial charge on any atom is 0.263 e. The van der Waals surface area contributed by atoms with Gasteiger partial charge in [0.25, 0.3) is 11.8 Å². The fourth-order valence-corrected chi connectivity index (χ4v) is 3.31. The number of nitrogens with one attached hydrogen (secondary N) is 1. The number of hydrogen-bond acceptors (Lipinski definition) is 7. The topological polar surface area (TPSA) is 128 Å². The number of benzene rings is 2. The van der Waals surface area contributed by atoms with E-state index in [1.165, 1.54) is 18.2 Å². The number of phenols is 1. The lowest BCUT2D eigenvalue weighted by Gasteiger charge is -2.16. The van der Waals surface area contributed by atoms with Crippen LogP contribution in [0, 0.1) is 17.0 Å². The summed E-state index contributed by atoms with van der Waals surface area (Å²) in [7, 11) is 1.77. The predicted octanol–water partition coefficient (Wildman–Crippen LogP) is 5.37. The Labute approximate surface area is 213 Å². The van der Waals surface area contributed by atoms with E-state index in [-0.39, 0.29) is 17.1 Å². The van der Waals surface area contributed by atoms with Gasteiger partial charge in [0.15, 0.2) is 11.5 Å². The van der Waals surface area contributed by atoms with Crippen LogP contribution >= 0.6 is 0 Å². The SMILES string of the molecule is Cn1ccnc1-c1cccc(Oc2nc(Oc3cc(C(=N)N)ccc3O)c(F)c(OC(F)CCF)c2F)c1. The van der Waals surface area contributed by atoms with Crippen molar-refractivity contribution >= 4 is 5.84 Å². The fourth-order valence-electron chi connectivity index (χ4n) is 3.31. The van der Waals surface area contributed by atoms with E-state index in [0.29, 0.717) is 11.4 Å². The lowest BCUT2D eigenvalue weighted by molar-refractivity contribution is 0.0442. The Morgan fingerprint density at radius 1 is 1.13 bits per heavy atom. The summed E-state index contributed by atoms with van der Waals surface area (Å²) < 4.78 is 74.3. The smallest absolute Gasteiger partial charge is 0.263 e. The lowest BCUT2D eigenvalue weighted by Crippen LogP contribution is -2.14. The largest absolute Gasteiger partial charge is 0.504 e. The van der Waals surface area contributed by atoms with Crippen LogP contribution in [0.3, 0.4) is 0 Å². The van der Waals surface area contributed by atoms with Gasteiger partial charge in [-0.05, 0) is 30.3 Å². The molecule has 0 aliphatic carbocycles. The highest BCUT2D eigenvalue weighted by Crippen LogP contribution is 2.40. The first-order valence-corrected chi connectivity index (χ1v) is 11.0. The van der Waals surface area contributed by atoms with E-state index in [0.717, 1.165) is 12.1 Å². The Balaban J connectivity index is 1.77. The van der Waals surface area contributed by atoms with Gasteiger partial charge in [-0.25, -0.2) is 9.37 Å². The summed E-state index contributed by atoms with van der Waals surface area (Å²) in [6, 6.07) is 9.84. The highest BCUT2D eigenvalue weighted by Gasteiger charge is 2.28. The van der Waals surface area contributed by atoms with E-state index in [1.807, 2.05) is 0 Å². The van der Waals surface area contributed by atoms with Crippen molar-refractivity contribution in [2.75, 3.05) is 6.67 Å². The molecular formula is C25H21F4N5O4. The van der Waals surface area contributed by atoms with Crippen LogP contribution in [0.2, 0.25) is 0 Å². The second-order valence-electron chi connectivity index (χ2n) is 7.87. The number of nitrogens with zero attached hydrogens (tertiary/aromatic N) is 3. The quantitative estimate of drug-likeness (QED) is 0.143. The number of ether oxygens (including phenoxy) is 3. The van der Waals surface area contributed by atoms with E-state index in [9.17, 15) is 13.9 Å². The average molecular weight is 531 g/mol. The number of amidine groups is 1. The molecule has 0 aliphatic rings. The molecule has 4 rings (SSSR count). The molecule has 4 N–H and O–H groups in total. The zero-order valence-corrected chi connectivity index (χ0v) is 19.8. The molecule has 2 aromatic carbocycles. The number of rotatable bonds is 10. The molecule has 1 unspecified atom stereocenters. The van der Waals surface area contributed by atoms with Gasteiger partial charge in [-0.3, -0.25) is 9.80 Å².